The zero-order valence-corrected chi connectivity index (χ0v) is 16.4. The number of ether oxygens (including phenoxy) is 1. The zero-order chi connectivity index (χ0) is 19.2. The van der Waals surface area contributed by atoms with E-state index in [1.807, 2.05) is 61.2 Å². The smallest absolute Gasteiger partial charge is 0.260 e. The molecule has 3 rings (SSSR count). The number of benzene rings is 1. The van der Waals surface area contributed by atoms with Crippen LogP contribution in [0.3, 0.4) is 0 Å². The molecule has 1 aromatic heterocycles. The van der Waals surface area contributed by atoms with Crippen LogP contribution in [0.4, 0.5) is 5.82 Å². The first kappa shape index (κ1) is 19.1. The van der Waals surface area contributed by atoms with Gasteiger partial charge >= 0.3 is 0 Å². The number of carbonyl (C=O) groups is 1. The van der Waals surface area contributed by atoms with Crippen LogP contribution in [0, 0.1) is 12.8 Å². The van der Waals surface area contributed by atoms with Crippen LogP contribution >= 0.6 is 0 Å². The summed E-state index contributed by atoms with van der Waals surface area (Å²) >= 11 is 0. The van der Waals surface area contributed by atoms with E-state index in [0.29, 0.717) is 5.92 Å². The summed E-state index contributed by atoms with van der Waals surface area (Å²) in [6, 6.07) is 11.5. The fourth-order valence-corrected chi connectivity index (χ4v) is 3.38. The summed E-state index contributed by atoms with van der Waals surface area (Å²) in [5.74, 6) is 3.10. The Labute approximate surface area is 161 Å². The van der Waals surface area contributed by atoms with Crippen LogP contribution in [0.1, 0.15) is 24.4 Å². The topological polar surface area (TPSA) is 58.6 Å². The van der Waals surface area contributed by atoms with E-state index in [4.69, 9.17) is 4.74 Å². The number of hydrogen-bond acceptors (Lipinski definition) is 5. The fourth-order valence-electron chi connectivity index (χ4n) is 3.38. The molecule has 1 aromatic carbocycles. The lowest BCUT2D eigenvalue weighted by Gasteiger charge is -2.32. The van der Waals surface area contributed by atoms with Gasteiger partial charge in [0.05, 0.1) is 0 Å². The quantitative estimate of drug-likeness (QED) is 0.785. The maximum absolute atomic E-state index is 12.4. The van der Waals surface area contributed by atoms with Gasteiger partial charge in [-0.15, -0.1) is 0 Å². The van der Waals surface area contributed by atoms with Gasteiger partial charge in [-0.1, -0.05) is 18.2 Å². The number of piperidine rings is 1. The van der Waals surface area contributed by atoms with Crippen molar-refractivity contribution in [3.8, 4) is 5.75 Å². The van der Waals surface area contributed by atoms with Crippen molar-refractivity contribution in [2.75, 3.05) is 38.7 Å². The molecule has 6 heteroatoms. The van der Waals surface area contributed by atoms with Gasteiger partial charge < -0.3 is 14.5 Å². The van der Waals surface area contributed by atoms with Crippen molar-refractivity contribution in [2.24, 2.45) is 5.92 Å². The Morgan fingerprint density at radius 3 is 2.56 bits per heavy atom. The second kappa shape index (κ2) is 8.84. The zero-order valence-electron chi connectivity index (χ0n) is 16.4. The molecule has 0 N–H and O–H groups in total. The lowest BCUT2D eigenvalue weighted by Crippen LogP contribution is -2.41. The first-order valence-electron chi connectivity index (χ1n) is 9.49. The third-order valence-corrected chi connectivity index (χ3v) is 4.91. The first-order chi connectivity index (χ1) is 13.0. The van der Waals surface area contributed by atoms with Crippen LogP contribution in [0.15, 0.2) is 36.4 Å². The van der Waals surface area contributed by atoms with E-state index in [0.717, 1.165) is 55.4 Å². The minimum atomic E-state index is 0.0603. The number of rotatable bonds is 6. The summed E-state index contributed by atoms with van der Waals surface area (Å²) in [7, 11) is 3.99. The normalized spacial score (nSPS) is 14.9. The highest BCUT2D eigenvalue weighted by Gasteiger charge is 2.23. The molecule has 0 saturated carbocycles. The van der Waals surface area contributed by atoms with Gasteiger partial charge in [0.2, 0.25) is 0 Å². The Hall–Kier alpha value is -2.63. The number of nitrogens with zero attached hydrogens (tertiary/aromatic N) is 4. The van der Waals surface area contributed by atoms with E-state index in [2.05, 4.69) is 16.0 Å². The van der Waals surface area contributed by atoms with Crippen LogP contribution in [0.25, 0.3) is 0 Å². The lowest BCUT2D eigenvalue weighted by molar-refractivity contribution is -0.134. The number of aryl methyl sites for hydroxylation is 1. The molecule has 2 heterocycles. The lowest BCUT2D eigenvalue weighted by atomic mass is 9.92. The van der Waals surface area contributed by atoms with Crippen molar-refractivity contribution in [3.05, 3.63) is 47.9 Å². The van der Waals surface area contributed by atoms with Gasteiger partial charge in [0, 0.05) is 38.9 Å². The average Bonchev–Trinajstić information content (AvgIpc) is 2.67. The SMILES string of the molecule is Cc1nc(CC2CCN(C(=O)COc3ccccc3)CC2)cc(N(C)C)n1. The molecule has 0 bridgehead atoms. The number of para-hydroxylation sites is 1. The third kappa shape index (κ3) is 5.42. The molecule has 144 valence electrons. The number of aromatic nitrogens is 2. The molecule has 0 radical (unpaired) electrons. The highest BCUT2D eigenvalue weighted by atomic mass is 16.5. The Bertz CT molecular complexity index is 756. The molecular weight excluding hydrogens is 340 g/mol. The van der Waals surface area contributed by atoms with Crippen molar-refractivity contribution in [1.82, 2.24) is 14.9 Å². The van der Waals surface area contributed by atoms with E-state index in [1.165, 1.54) is 0 Å². The van der Waals surface area contributed by atoms with E-state index < -0.39 is 0 Å². The standard InChI is InChI=1S/C21H28N4O2/c1-16-22-18(14-20(23-16)24(2)3)13-17-9-11-25(12-10-17)21(26)15-27-19-7-5-4-6-8-19/h4-8,14,17H,9-13,15H2,1-3H3. The Morgan fingerprint density at radius 2 is 1.89 bits per heavy atom. The first-order valence-corrected chi connectivity index (χ1v) is 9.49. The summed E-state index contributed by atoms with van der Waals surface area (Å²) in [6.45, 7) is 3.61. The van der Waals surface area contributed by atoms with Crippen molar-refractivity contribution in [3.63, 3.8) is 0 Å². The number of likely N-dealkylation sites (tertiary alicyclic amines) is 1. The molecule has 1 saturated heterocycles. The fraction of sp³-hybridized carbons (Fsp3) is 0.476. The number of amides is 1. The van der Waals surface area contributed by atoms with Crippen molar-refractivity contribution in [2.45, 2.75) is 26.2 Å². The second-order valence-corrected chi connectivity index (χ2v) is 7.29. The average molecular weight is 368 g/mol. The van der Waals surface area contributed by atoms with Crippen LogP contribution in [-0.2, 0) is 11.2 Å². The van der Waals surface area contributed by atoms with E-state index >= 15 is 0 Å². The summed E-state index contributed by atoms with van der Waals surface area (Å²) < 4.78 is 5.58. The Morgan fingerprint density at radius 1 is 1.19 bits per heavy atom. The molecule has 27 heavy (non-hydrogen) atoms. The van der Waals surface area contributed by atoms with Gasteiger partial charge in [-0.05, 0) is 44.2 Å². The van der Waals surface area contributed by atoms with E-state index in [1.54, 1.807) is 0 Å². The summed E-state index contributed by atoms with van der Waals surface area (Å²) in [6.07, 6.45) is 2.93. The molecule has 1 amide bonds. The van der Waals surface area contributed by atoms with Crippen molar-refractivity contribution >= 4 is 11.7 Å². The molecule has 2 aromatic rings. The predicted octanol–water partition coefficient (Wildman–Crippen LogP) is 2.71. The number of carbonyl (C=O) groups excluding carboxylic acids is 1. The Balaban J connectivity index is 1.48. The minimum absolute atomic E-state index is 0.0603. The van der Waals surface area contributed by atoms with Gasteiger partial charge in [0.1, 0.15) is 17.4 Å². The van der Waals surface area contributed by atoms with Gasteiger partial charge in [-0.25, -0.2) is 9.97 Å². The monoisotopic (exact) mass is 368 g/mol. The van der Waals surface area contributed by atoms with Crippen LogP contribution < -0.4 is 9.64 Å². The van der Waals surface area contributed by atoms with Crippen LogP contribution in [-0.4, -0.2) is 54.6 Å². The number of hydrogen-bond donors (Lipinski definition) is 0. The molecular formula is C21H28N4O2. The third-order valence-electron chi connectivity index (χ3n) is 4.91. The second-order valence-electron chi connectivity index (χ2n) is 7.29. The van der Waals surface area contributed by atoms with E-state index in [-0.39, 0.29) is 12.5 Å². The Kier molecular flexibility index (Phi) is 6.27. The molecule has 1 fully saturated rings. The summed E-state index contributed by atoms with van der Waals surface area (Å²) in [4.78, 5) is 25.3. The summed E-state index contributed by atoms with van der Waals surface area (Å²) in [5.41, 5.74) is 1.09. The number of anilines is 1. The van der Waals surface area contributed by atoms with Gasteiger partial charge in [-0.3, -0.25) is 4.79 Å². The predicted molar refractivity (Wildman–Crippen MR) is 106 cm³/mol. The molecule has 0 aliphatic carbocycles. The van der Waals surface area contributed by atoms with Gasteiger partial charge in [0.15, 0.2) is 6.61 Å². The van der Waals surface area contributed by atoms with Gasteiger partial charge in [0.25, 0.3) is 5.91 Å². The van der Waals surface area contributed by atoms with Crippen LogP contribution in [0.2, 0.25) is 0 Å². The minimum Gasteiger partial charge on any atom is -0.484 e. The molecule has 6 nitrogen and oxygen atoms in total. The van der Waals surface area contributed by atoms with Gasteiger partial charge in [-0.2, -0.15) is 0 Å². The van der Waals surface area contributed by atoms with Crippen molar-refractivity contribution in [1.29, 1.82) is 0 Å². The molecule has 1 aliphatic heterocycles. The maximum atomic E-state index is 12.4. The molecule has 0 atom stereocenters. The van der Waals surface area contributed by atoms with E-state index in [9.17, 15) is 4.79 Å². The highest BCUT2D eigenvalue weighted by Crippen LogP contribution is 2.22. The van der Waals surface area contributed by atoms with Crippen molar-refractivity contribution < 1.29 is 9.53 Å². The maximum Gasteiger partial charge on any atom is 0.260 e. The highest BCUT2D eigenvalue weighted by molar-refractivity contribution is 5.77. The van der Waals surface area contributed by atoms with Crippen LogP contribution in [0.5, 0.6) is 5.75 Å². The molecule has 0 spiro atoms. The largest absolute Gasteiger partial charge is 0.484 e. The molecule has 1 aliphatic rings. The molecule has 0 unspecified atom stereocenters. The summed E-state index contributed by atoms with van der Waals surface area (Å²) in [5, 5.41) is 0.